The van der Waals surface area contributed by atoms with E-state index in [-0.39, 0.29) is 33.9 Å². The minimum atomic E-state index is -0.214. The molecule has 2 saturated carbocycles. The van der Waals surface area contributed by atoms with Gasteiger partial charge < -0.3 is 10.2 Å². The van der Waals surface area contributed by atoms with Gasteiger partial charge in [-0.1, -0.05) is 83.1 Å². The Bertz CT molecular complexity index is 556. The highest BCUT2D eigenvalue weighted by Crippen LogP contribution is 2.55. The third kappa shape index (κ3) is 6.72. The van der Waals surface area contributed by atoms with E-state index in [4.69, 9.17) is 0 Å². The van der Waals surface area contributed by atoms with Crippen molar-refractivity contribution in [1.82, 2.24) is 0 Å². The lowest BCUT2D eigenvalue weighted by Crippen LogP contribution is -2.51. The molecule has 0 heterocycles. The first kappa shape index (κ1) is 27.2. The fourth-order valence-corrected chi connectivity index (χ4v) is 7.08. The van der Waals surface area contributed by atoms with E-state index in [9.17, 15) is 10.2 Å². The second-order valence-corrected chi connectivity index (χ2v) is 15.9. The third-order valence-corrected chi connectivity index (χ3v) is 8.87. The molecule has 2 fully saturated rings. The summed E-state index contributed by atoms with van der Waals surface area (Å²) in [6.07, 6.45) is 5.25. The molecule has 0 amide bonds. The van der Waals surface area contributed by atoms with E-state index >= 15 is 0 Å². The average Bonchev–Trinajstić information content (AvgIpc) is 2.52. The fraction of sp³-hybridized carbons (Fsp3) is 1.00. The normalized spacial score (nSPS) is 38.9. The first-order chi connectivity index (χ1) is 13.7. The van der Waals surface area contributed by atoms with Crippen molar-refractivity contribution in [2.24, 2.45) is 57.2 Å². The Morgan fingerprint density at radius 3 is 1.16 bits per heavy atom. The van der Waals surface area contributed by atoms with Crippen molar-refractivity contribution < 1.29 is 10.2 Å². The van der Waals surface area contributed by atoms with Crippen LogP contribution in [0.15, 0.2) is 0 Å². The summed E-state index contributed by atoms with van der Waals surface area (Å²) in [5.74, 6) is 2.73. The Hall–Kier alpha value is -0.0800. The third-order valence-electron chi connectivity index (χ3n) is 8.87. The molecule has 2 aliphatic carbocycles. The van der Waals surface area contributed by atoms with Gasteiger partial charge in [-0.05, 0) is 89.3 Å². The van der Waals surface area contributed by atoms with Gasteiger partial charge >= 0.3 is 0 Å². The van der Waals surface area contributed by atoms with Crippen LogP contribution in [0.2, 0.25) is 0 Å². The topological polar surface area (TPSA) is 40.5 Å². The molecule has 0 aromatic rings. The molecule has 0 bridgehead atoms. The molecule has 2 aliphatic rings. The van der Waals surface area contributed by atoms with Crippen molar-refractivity contribution in [3.05, 3.63) is 0 Å². The smallest absolute Gasteiger partial charge is 0.0606 e. The molecule has 0 aromatic heterocycles. The van der Waals surface area contributed by atoms with Gasteiger partial charge in [-0.25, -0.2) is 0 Å². The summed E-state index contributed by atoms with van der Waals surface area (Å²) >= 11 is 0. The van der Waals surface area contributed by atoms with Gasteiger partial charge in [-0.3, -0.25) is 0 Å². The summed E-state index contributed by atoms with van der Waals surface area (Å²) < 4.78 is 0. The highest BCUT2D eigenvalue weighted by molar-refractivity contribution is 5.00. The van der Waals surface area contributed by atoms with E-state index in [0.29, 0.717) is 35.5 Å². The minimum absolute atomic E-state index is 0.115. The van der Waals surface area contributed by atoms with Crippen LogP contribution in [-0.2, 0) is 0 Å². The molecule has 0 saturated heterocycles. The summed E-state index contributed by atoms with van der Waals surface area (Å²) in [6, 6.07) is 0. The Labute approximate surface area is 195 Å². The quantitative estimate of drug-likeness (QED) is 0.468. The summed E-state index contributed by atoms with van der Waals surface area (Å²) in [5.41, 5.74) is 0.587. The molecule has 2 nitrogen and oxygen atoms in total. The molecular formula is C29H56O2. The van der Waals surface area contributed by atoms with Gasteiger partial charge in [0.2, 0.25) is 0 Å². The van der Waals surface area contributed by atoms with Crippen LogP contribution in [0.5, 0.6) is 0 Å². The van der Waals surface area contributed by atoms with Gasteiger partial charge in [0.1, 0.15) is 0 Å². The summed E-state index contributed by atoms with van der Waals surface area (Å²) in [5, 5.41) is 22.8. The van der Waals surface area contributed by atoms with Crippen LogP contribution in [0, 0.1) is 57.2 Å². The lowest BCUT2D eigenvalue weighted by Gasteiger charge is -2.54. The molecule has 2 rings (SSSR count). The monoisotopic (exact) mass is 436 g/mol. The number of aliphatic hydroxyl groups is 2. The van der Waals surface area contributed by atoms with Gasteiger partial charge in [0.25, 0.3) is 0 Å². The van der Waals surface area contributed by atoms with Crippen LogP contribution in [-0.4, -0.2) is 22.4 Å². The van der Waals surface area contributed by atoms with Crippen LogP contribution in [0.3, 0.4) is 0 Å². The lowest BCUT2D eigenvalue weighted by atomic mass is 9.53. The maximum atomic E-state index is 11.4. The van der Waals surface area contributed by atoms with E-state index in [2.05, 4.69) is 83.1 Å². The number of aliphatic hydroxyl groups excluding tert-OH is 2. The van der Waals surface area contributed by atoms with Gasteiger partial charge in [0.15, 0.2) is 0 Å². The van der Waals surface area contributed by atoms with Crippen molar-refractivity contribution in [2.45, 2.75) is 127 Å². The first-order valence-corrected chi connectivity index (χ1v) is 13.1. The van der Waals surface area contributed by atoms with Crippen molar-refractivity contribution >= 4 is 0 Å². The maximum absolute atomic E-state index is 11.4. The maximum Gasteiger partial charge on any atom is 0.0606 e. The largest absolute Gasteiger partial charge is 0.393 e. The Morgan fingerprint density at radius 1 is 0.516 bits per heavy atom. The van der Waals surface area contributed by atoms with Gasteiger partial charge in [-0.15, -0.1) is 0 Å². The summed E-state index contributed by atoms with van der Waals surface area (Å²) in [4.78, 5) is 0. The highest BCUT2D eigenvalue weighted by atomic mass is 16.3. The predicted octanol–water partition coefficient (Wildman–Crippen LogP) is 7.57. The zero-order chi connectivity index (χ0) is 24.2. The summed E-state index contributed by atoms with van der Waals surface area (Å²) in [7, 11) is 0. The van der Waals surface area contributed by atoms with Crippen molar-refractivity contribution in [3.63, 3.8) is 0 Å². The molecule has 184 valence electrons. The lowest BCUT2D eigenvalue weighted by molar-refractivity contribution is -0.115. The van der Waals surface area contributed by atoms with E-state index in [1.165, 1.54) is 0 Å². The first-order valence-electron chi connectivity index (χ1n) is 13.1. The Kier molecular flexibility index (Phi) is 7.83. The SMILES string of the molecule is CC(C)(C)CC1CC(C2CC(C(C)(C)C)C(O)C(C(C)(C)C)C2)CC(C(C)(C)C)C1O. The van der Waals surface area contributed by atoms with E-state index < -0.39 is 0 Å². The highest BCUT2D eigenvalue weighted by Gasteiger charge is 2.50. The van der Waals surface area contributed by atoms with Crippen molar-refractivity contribution in [3.8, 4) is 0 Å². The molecule has 6 unspecified atom stereocenters. The van der Waals surface area contributed by atoms with E-state index in [1.807, 2.05) is 0 Å². The van der Waals surface area contributed by atoms with Crippen LogP contribution < -0.4 is 0 Å². The van der Waals surface area contributed by atoms with Crippen molar-refractivity contribution in [1.29, 1.82) is 0 Å². The fourth-order valence-electron chi connectivity index (χ4n) is 7.08. The van der Waals surface area contributed by atoms with E-state index in [1.54, 1.807) is 0 Å². The number of hydrogen-bond acceptors (Lipinski definition) is 2. The predicted molar refractivity (Wildman–Crippen MR) is 134 cm³/mol. The van der Waals surface area contributed by atoms with Crippen LogP contribution in [0.1, 0.15) is 115 Å². The second kappa shape index (κ2) is 8.94. The molecule has 2 N–H and O–H groups in total. The molecule has 0 spiro atoms. The van der Waals surface area contributed by atoms with E-state index in [0.717, 1.165) is 32.1 Å². The molecular weight excluding hydrogens is 380 g/mol. The molecule has 0 aromatic carbocycles. The summed E-state index contributed by atoms with van der Waals surface area (Å²) in [6.45, 7) is 27.8. The van der Waals surface area contributed by atoms with Gasteiger partial charge in [0.05, 0.1) is 12.2 Å². The van der Waals surface area contributed by atoms with Crippen molar-refractivity contribution in [2.75, 3.05) is 0 Å². The van der Waals surface area contributed by atoms with Crippen LogP contribution in [0.4, 0.5) is 0 Å². The Morgan fingerprint density at radius 2 is 0.839 bits per heavy atom. The second-order valence-electron chi connectivity index (χ2n) is 15.9. The minimum Gasteiger partial charge on any atom is -0.393 e. The zero-order valence-electron chi connectivity index (χ0n) is 23.0. The molecule has 2 heteroatoms. The molecule has 6 atom stereocenters. The standard InChI is InChI=1S/C29H56O2/c1-26(2,3)17-20-13-18(14-21(24(20)30)27(4,5)6)19-15-22(28(7,8)9)25(31)23(16-19)29(10,11)12/h18-25,30-31H,13-17H2,1-12H3. The number of hydrogen-bond donors (Lipinski definition) is 2. The van der Waals surface area contributed by atoms with Crippen LogP contribution >= 0.6 is 0 Å². The molecule has 0 aliphatic heterocycles. The Balaban J connectivity index is 2.38. The van der Waals surface area contributed by atoms with Gasteiger partial charge in [0, 0.05) is 0 Å². The molecule has 31 heavy (non-hydrogen) atoms. The zero-order valence-corrected chi connectivity index (χ0v) is 23.0. The molecule has 0 radical (unpaired) electrons. The number of rotatable bonds is 2. The van der Waals surface area contributed by atoms with Gasteiger partial charge in [-0.2, -0.15) is 0 Å². The van der Waals surface area contributed by atoms with Crippen LogP contribution in [0.25, 0.3) is 0 Å². The average molecular weight is 437 g/mol.